The van der Waals surface area contributed by atoms with E-state index in [1.807, 2.05) is 57.2 Å². The minimum Gasteiger partial charge on any atom is -0.508 e. The molecule has 0 aliphatic heterocycles. The lowest BCUT2D eigenvalue weighted by Gasteiger charge is -2.26. The maximum Gasteiger partial charge on any atom is 0.224 e. The second-order valence-electron chi connectivity index (χ2n) is 10.2. The summed E-state index contributed by atoms with van der Waals surface area (Å²) >= 11 is 0. The normalized spacial score (nSPS) is 13.2. The molecule has 6 nitrogen and oxygen atoms in total. The van der Waals surface area contributed by atoms with Gasteiger partial charge in [0, 0.05) is 23.7 Å². The molecule has 0 aromatic heterocycles. The molecule has 5 N–H and O–H groups in total. The van der Waals surface area contributed by atoms with Crippen LogP contribution in [0.3, 0.4) is 0 Å². The topological polar surface area (TPSA) is 102 Å². The summed E-state index contributed by atoms with van der Waals surface area (Å²) in [6.45, 7) is 6.19. The van der Waals surface area contributed by atoms with Gasteiger partial charge in [-0.25, -0.2) is 0 Å². The van der Waals surface area contributed by atoms with Crippen molar-refractivity contribution in [3.05, 3.63) is 101 Å². The highest BCUT2D eigenvalue weighted by Gasteiger charge is 2.21. The fourth-order valence-electron chi connectivity index (χ4n) is 4.42. The monoisotopic (exact) mass is 490 g/mol. The predicted molar refractivity (Wildman–Crippen MR) is 143 cm³/mol. The van der Waals surface area contributed by atoms with Gasteiger partial charge in [-0.2, -0.15) is 0 Å². The van der Waals surface area contributed by atoms with Crippen molar-refractivity contribution in [2.75, 3.05) is 6.54 Å². The Morgan fingerprint density at radius 3 is 2.36 bits per heavy atom. The fourth-order valence-corrected chi connectivity index (χ4v) is 4.42. The van der Waals surface area contributed by atoms with Crippen LogP contribution in [0.4, 0.5) is 0 Å². The Kier molecular flexibility index (Phi) is 9.65. The number of phenols is 1. The predicted octanol–water partition coefficient (Wildman–Crippen LogP) is 3.82. The van der Waals surface area contributed by atoms with Crippen molar-refractivity contribution >= 4 is 5.91 Å². The molecule has 3 aromatic rings. The average Bonchev–Trinajstić information content (AvgIpc) is 2.83. The van der Waals surface area contributed by atoms with Crippen LogP contribution >= 0.6 is 0 Å². The van der Waals surface area contributed by atoms with Gasteiger partial charge in [0.15, 0.2) is 0 Å². The number of aliphatic hydroxyl groups excluding tert-OH is 2. The van der Waals surface area contributed by atoms with Crippen LogP contribution in [-0.2, 0) is 30.7 Å². The van der Waals surface area contributed by atoms with Gasteiger partial charge in [-0.05, 0) is 68.0 Å². The highest BCUT2D eigenvalue weighted by molar-refractivity contribution is 5.79. The van der Waals surface area contributed by atoms with E-state index in [2.05, 4.69) is 28.8 Å². The minimum atomic E-state index is -0.757. The molecule has 0 unspecified atom stereocenters. The molecule has 6 heteroatoms. The van der Waals surface area contributed by atoms with Gasteiger partial charge >= 0.3 is 0 Å². The first-order valence-electron chi connectivity index (χ1n) is 12.4. The maximum atomic E-state index is 12.7. The van der Waals surface area contributed by atoms with E-state index in [0.717, 1.165) is 24.0 Å². The molecule has 0 spiro atoms. The van der Waals surface area contributed by atoms with E-state index < -0.39 is 6.10 Å². The van der Waals surface area contributed by atoms with E-state index in [4.69, 9.17) is 0 Å². The van der Waals surface area contributed by atoms with Gasteiger partial charge in [0.1, 0.15) is 5.75 Å². The Labute approximate surface area is 214 Å². The van der Waals surface area contributed by atoms with Crippen molar-refractivity contribution in [2.45, 2.75) is 64.3 Å². The molecule has 0 saturated carbocycles. The van der Waals surface area contributed by atoms with Crippen LogP contribution in [-0.4, -0.2) is 39.4 Å². The second-order valence-corrected chi connectivity index (χ2v) is 10.2. The van der Waals surface area contributed by atoms with Crippen LogP contribution in [0.5, 0.6) is 5.75 Å². The molecule has 3 aromatic carbocycles. The third kappa shape index (κ3) is 8.48. The Balaban J connectivity index is 1.50. The van der Waals surface area contributed by atoms with Gasteiger partial charge in [-0.15, -0.1) is 0 Å². The number of hydrogen-bond acceptors (Lipinski definition) is 5. The molecule has 0 aliphatic rings. The summed E-state index contributed by atoms with van der Waals surface area (Å²) < 4.78 is 0. The summed E-state index contributed by atoms with van der Waals surface area (Å²) in [6, 6.07) is 23.1. The van der Waals surface area contributed by atoms with Gasteiger partial charge in [0.25, 0.3) is 0 Å². The summed E-state index contributed by atoms with van der Waals surface area (Å²) in [5.74, 6) is 0.0154. The van der Waals surface area contributed by atoms with Crippen LogP contribution in [0.1, 0.15) is 54.7 Å². The van der Waals surface area contributed by atoms with Crippen molar-refractivity contribution in [1.29, 1.82) is 0 Å². The first-order chi connectivity index (χ1) is 17.1. The van der Waals surface area contributed by atoms with Crippen LogP contribution in [0, 0.1) is 0 Å². The molecule has 3 rings (SSSR count). The zero-order valence-corrected chi connectivity index (χ0v) is 21.4. The lowest BCUT2D eigenvalue weighted by Crippen LogP contribution is -2.45. The Hall–Kier alpha value is -3.19. The zero-order chi connectivity index (χ0) is 26.1. The summed E-state index contributed by atoms with van der Waals surface area (Å²) in [4.78, 5) is 12.7. The SMILES string of the molecule is C[C@H](Cc1cccc(CC(=O)NC(C)(C)Cc2ccccc2)c1)NC[C@@H](O)c1ccc(O)c(CO)c1. The number of aromatic hydroxyl groups is 1. The number of carbonyl (C=O) groups excluding carboxylic acids is 1. The number of carbonyl (C=O) groups is 1. The van der Waals surface area contributed by atoms with E-state index in [1.165, 1.54) is 11.6 Å². The number of nitrogens with one attached hydrogen (secondary N) is 2. The van der Waals surface area contributed by atoms with E-state index >= 15 is 0 Å². The van der Waals surface area contributed by atoms with E-state index in [1.54, 1.807) is 12.1 Å². The van der Waals surface area contributed by atoms with Gasteiger partial charge in [0.05, 0.1) is 19.1 Å². The largest absolute Gasteiger partial charge is 0.508 e. The van der Waals surface area contributed by atoms with Crippen molar-refractivity contribution in [1.82, 2.24) is 10.6 Å². The number of benzene rings is 3. The third-order valence-corrected chi connectivity index (χ3v) is 6.18. The quantitative estimate of drug-likeness (QED) is 0.266. The molecule has 0 saturated heterocycles. The van der Waals surface area contributed by atoms with Crippen LogP contribution in [0.15, 0.2) is 72.8 Å². The smallest absolute Gasteiger partial charge is 0.224 e. The minimum absolute atomic E-state index is 0.00137. The van der Waals surface area contributed by atoms with Gasteiger partial charge in [-0.1, -0.05) is 60.7 Å². The molecule has 36 heavy (non-hydrogen) atoms. The molecular weight excluding hydrogens is 452 g/mol. The third-order valence-electron chi connectivity index (χ3n) is 6.18. The molecular formula is C30H38N2O4. The second kappa shape index (κ2) is 12.7. The number of rotatable bonds is 12. The van der Waals surface area contributed by atoms with Crippen molar-refractivity contribution in [3.63, 3.8) is 0 Å². The highest BCUT2D eigenvalue weighted by atomic mass is 16.3. The van der Waals surface area contributed by atoms with Crippen molar-refractivity contribution in [3.8, 4) is 5.75 Å². The first kappa shape index (κ1) is 27.4. The van der Waals surface area contributed by atoms with Gasteiger partial charge < -0.3 is 26.0 Å². The van der Waals surface area contributed by atoms with E-state index in [-0.39, 0.29) is 29.8 Å². The van der Waals surface area contributed by atoms with E-state index in [0.29, 0.717) is 24.1 Å². The summed E-state index contributed by atoms with van der Waals surface area (Å²) in [5.41, 5.74) is 3.96. The highest BCUT2D eigenvalue weighted by Crippen LogP contribution is 2.22. The summed E-state index contributed by atoms with van der Waals surface area (Å²) in [6.07, 6.45) is 1.08. The van der Waals surface area contributed by atoms with E-state index in [9.17, 15) is 20.1 Å². The number of amides is 1. The Morgan fingerprint density at radius 1 is 0.944 bits per heavy atom. The maximum absolute atomic E-state index is 12.7. The summed E-state index contributed by atoms with van der Waals surface area (Å²) in [5, 5.41) is 36.0. The van der Waals surface area contributed by atoms with Crippen LogP contribution < -0.4 is 10.6 Å². The van der Waals surface area contributed by atoms with Crippen LogP contribution in [0.25, 0.3) is 0 Å². The van der Waals surface area contributed by atoms with Gasteiger partial charge in [0.2, 0.25) is 5.91 Å². The molecule has 0 aliphatic carbocycles. The van der Waals surface area contributed by atoms with Crippen molar-refractivity contribution in [2.24, 2.45) is 0 Å². The first-order valence-corrected chi connectivity index (χ1v) is 12.4. The molecule has 0 radical (unpaired) electrons. The number of hydrogen-bond donors (Lipinski definition) is 5. The lowest BCUT2D eigenvalue weighted by molar-refractivity contribution is -0.122. The standard InChI is InChI=1S/C30H38N2O4/c1-21(31-19-28(35)25-12-13-27(34)26(17-25)20-33)14-23-10-7-11-24(15-23)16-29(36)32-30(2,3)18-22-8-5-4-6-9-22/h4-13,15,17,21,28,31,33-35H,14,16,18-20H2,1-3H3,(H,32,36)/t21-,28-/m1/s1. The Morgan fingerprint density at radius 2 is 1.64 bits per heavy atom. The number of aliphatic hydroxyl groups is 2. The molecule has 0 bridgehead atoms. The van der Waals surface area contributed by atoms with Gasteiger partial charge in [-0.3, -0.25) is 4.79 Å². The molecule has 2 atom stereocenters. The Bertz CT molecular complexity index is 1130. The average molecular weight is 491 g/mol. The summed E-state index contributed by atoms with van der Waals surface area (Å²) in [7, 11) is 0. The molecule has 1 amide bonds. The van der Waals surface area contributed by atoms with Crippen molar-refractivity contribution < 1.29 is 20.1 Å². The lowest BCUT2D eigenvalue weighted by atomic mass is 9.94. The molecule has 0 fully saturated rings. The van der Waals surface area contributed by atoms with Crippen LogP contribution in [0.2, 0.25) is 0 Å². The fraction of sp³-hybridized carbons (Fsp3) is 0.367. The molecule has 0 heterocycles. The molecule has 192 valence electrons. The zero-order valence-electron chi connectivity index (χ0n) is 21.4.